The Kier molecular flexibility index (Phi) is 8.99. The summed E-state index contributed by atoms with van der Waals surface area (Å²) in [5, 5.41) is 18.5. The molecule has 0 amide bonds. The number of halogens is 3. The zero-order valence-corrected chi connectivity index (χ0v) is 24.5. The maximum absolute atomic E-state index is 13.5. The molecule has 2 aliphatic heterocycles. The molecule has 2 saturated heterocycles. The van der Waals surface area contributed by atoms with Crippen LogP contribution in [0.15, 0.2) is 66.7 Å². The van der Waals surface area contributed by atoms with Gasteiger partial charge in [0.15, 0.2) is 0 Å². The third-order valence-corrected chi connectivity index (χ3v) is 8.58. The summed E-state index contributed by atoms with van der Waals surface area (Å²) in [7, 11) is 0. The first kappa shape index (κ1) is 30.3. The largest absolute Gasteiger partial charge is 0.416 e. The second-order valence-corrected chi connectivity index (χ2v) is 11.3. The standard InChI is InChI=1S/C33H37F3N6O2/c34-33(35,36)26-5-10-29-30(23-26)38-32(25-3-8-28(9-4-25)42-17-13-40(14-18-42)20-22-44)31(37-29)24-1-6-27(7-2-24)41-15-11-39(12-16-41)19-21-43/h1-10,23,43-44H,11-22H2. The third-order valence-electron chi connectivity index (χ3n) is 8.58. The van der Waals surface area contributed by atoms with Crippen LogP contribution >= 0.6 is 0 Å². The summed E-state index contributed by atoms with van der Waals surface area (Å²) in [6.45, 7) is 8.62. The molecule has 3 aromatic carbocycles. The molecular formula is C33H37F3N6O2. The maximum atomic E-state index is 13.5. The first-order chi connectivity index (χ1) is 21.3. The SMILES string of the molecule is OCCN1CCN(c2ccc(-c3nc4ccc(C(F)(F)F)cc4nc3-c3ccc(N4CCN(CCO)CC4)cc3)cc2)CC1. The van der Waals surface area contributed by atoms with Crippen molar-refractivity contribution < 1.29 is 23.4 Å². The van der Waals surface area contributed by atoms with E-state index < -0.39 is 11.7 Å². The second kappa shape index (κ2) is 13.1. The molecule has 0 spiro atoms. The van der Waals surface area contributed by atoms with Gasteiger partial charge in [0, 0.05) is 87.9 Å². The molecular weight excluding hydrogens is 569 g/mol. The number of hydrogen-bond donors (Lipinski definition) is 2. The lowest BCUT2D eigenvalue weighted by atomic mass is 10.0. The van der Waals surface area contributed by atoms with Gasteiger partial charge in [-0.3, -0.25) is 9.80 Å². The Morgan fingerprint density at radius 2 is 1.00 bits per heavy atom. The van der Waals surface area contributed by atoms with Gasteiger partial charge in [0.2, 0.25) is 0 Å². The van der Waals surface area contributed by atoms with E-state index in [1.54, 1.807) is 0 Å². The molecule has 1 aromatic heterocycles. The van der Waals surface area contributed by atoms with E-state index >= 15 is 0 Å². The number of aromatic nitrogens is 2. The lowest BCUT2D eigenvalue weighted by Gasteiger charge is -2.35. The average molecular weight is 607 g/mol. The molecule has 2 N–H and O–H groups in total. The number of nitrogens with zero attached hydrogens (tertiary/aromatic N) is 6. The topological polar surface area (TPSA) is 79.2 Å². The molecule has 4 aromatic rings. The summed E-state index contributed by atoms with van der Waals surface area (Å²) in [4.78, 5) is 18.7. The van der Waals surface area contributed by atoms with Gasteiger partial charge in [0.25, 0.3) is 0 Å². The first-order valence-electron chi connectivity index (χ1n) is 15.1. The molecule has 0 atom stereocenters. The molecule has 44 heavy (non-hydrogen) atoms. The molecule has 0 saturated carbocycles. The monoisotopic (exact) mass is 606 g/mol. The van der Waals surface area contributed by atoms with E-state index in [-0.39, 0.29) is 18.7 Å². The number of fused-ring (bicyclic) bond motifs is 1. The molecule has 0 bridgehead atoms. The summed E-state index contributed by atoms with van der Waals surface area (Å²) in [6.07, 6.45) is -4.48. The molecule has 0 unspecified atom stereocenters. The highest BCUT2D eigenvalue weighted by Gasteiger charge is 2.31. The van der Waals surface area contributed by atoms with Crippen LogP contribution in [0.5, 0.6) is 0 Å². The Bertz CT molecular complexity index is 1550. The fraction of sp³-hybridized carbons (Fsp3) is 0.394. The zero-order valence-electron chi connectivity index (χ0n) is 24.5. The normalized spacial score (nSPS) is 17.0. The van der Waals surface area contributed by atoms with Crippen LogP contribution in [0.4, 0.5) is 24.5 Å². The summed E-state index contributed by atoms with van der Waals surface area (Å²) >= 11 is 0. The molecule has 2 aliphatic rings. The van der Waals surface area contributed by atoms with Crippen molar-refractivity contribution in [3.63, 3.8) is 0 Å². The highest BCUT2D eigenvalue weighted by molar-refractivity contribution is 5.87. The number of benzene rings is 3. The molecule has 3 heterocycles. The van der Waals surface area contributed by atoms with Crippen LogP contribution in [0, 0.1) is 0 Å². The van der Waals surface area contributed by atoms with E-state index in [0.29, 0.717) is 30.0 Å². The molecule has 8 nitrogen and oxygen atoms in total. The Labute approximate surface area is 255 Å². The van der Waals surface area contributed by atoms with Crippen molar-refractivity contribution >= 4 is 22.4 Å². The van der Waals surface area contributed by atoms with Gasteiger partial charge >= 0.3 is 6.18 Å². The van der Waals surface area contributed by atoms with Crippen LogP contribution in [-0.2, 0) is 6.18 Å². The average Bonchev–Trinajstić information content (AvgIpc) is 3.05. The second-order valence-electron chi connectivity index (χ2n) is 11.3. The number of piperazine rings is 2. The predicted octanol–water partition coefficient (Wildman–Crippen LogP) is 4.21. The number of rotatable bonds is 8. The summed E-state index contributed by atoms with van der Waals surface area (Å²) < 4.78 is 40.6. The number of β-amino-alcohol motifs (C(OH)–C–C–N with tert-alkyl or cyclic N) is 2. The summed E-state index contributed by atoms with van der Waals surface area (Å²) in [6, 6.07) is 19.6. The maximum Gasteiger partial charge on any atom is 0.416 e. The smallest absolute Gasteiger partial charge is 0.395 e. The molecule has 6 rings (SSSR count). The van der Waals surface area contributed by atoms with Crippen LogP contribution in [0.25, 0.3) is 33.5 Å². The van der Waals surface area contributed by atoms with E-state index in [2.05, 4.69) is 31.7 Å². The summed E-state index contributed by atoms with van der Waals surface area (Å²) in [5.74, 6) is 0. The number of anilines is 2. The molecule has 2 fully saturated rings. The molecule has 0 radical (unpaired) electrons. The minimum Gasteiger partial charge on any atom is -0.395 e. The van der Waals surface area contributed by atoms with Gasteiger partial charge in [0.05, 0.1) is 41.2 Å². The Balaban J connectivity index is 1.31. The van der Waals surface area contributed by atoms with Gasteiger partial charge in [-0.1, -0.05) is 24.3 Å². The minimum atomic E-state index is -4.48. The van der Waals surface area contributed by atoms with Crippen LogP contribution < -0.4 is 9.80 Å². The molecule has 232 valence electrons. The van der Waals surface area contributed by atoms with Gasteiger partial charge in [-0.2, -0.15) is 13.2 Å². The Hall–Kier alpha value is -3.77. The van der Waals surface area contributed by atoms with Crippen molar-refractivity contribution in [1.82, 2.24) is 19.8 Å². The van der Waals surface area contributed by atoms with E-state index in [9.17, 15) is 23.4 Å². The quantitative estimate of drug-likeness (QED) is 0.309. The summed E-state index contributed by atoms with van der Waals surface area (Å²) in [5.41, 5.74) is 4.75. The van der Waals surface area contributed by atoms with Crippen molar-refractivity contribution in [3.05, 3.63) is 72.3 Å². The van der Waals surface area contributed by atoms with Crippen LogP contribution in [0.3, 0.4) is 0 Å². The van der Waals surface area contributed by atoms with E-state index in [1.807, 2.05) is 36.4 Å². The van der Waals surface area contributed by atoms with Crippen LogP contribution in [-0.4, -0.2) is 109 Å². The Morgan fingerprint density at radius 3 is 1.41 bits per heavy atom. The van der Waals surface area contributed by atoms with Crippen molar-refractivity contribution in [3.8, 4) is 22.5 Å². The highest BCUT2D eigenvalue weighted by Crippen LogP contribution is 2.36. The fourth-order valence-corrected chi connectivity index (χ4v) is 6.04. The van der Waals surface area contributed by atoms with Gasteiger partial charge < -0.3 is 20.0 Å². The first-order valence-corrected chi connectivity index (χ1v) is 15.1. The Morgan fingerprint density at radius 1 is 0.568 bits per heavy atom. The lowest BCUT2D eigenvalue weighted by Crippen LogP contribution is -2.47. The van der Waals surface area contributed by atoms with Crippen molar-refractivity contribution in [1.29, 1.82) is 0 Å². The number of hydrogen-bond acceptors (Lipinski definition) is 8. The van der Waals surface area contributed by atoms with Crippen molar-refractivity contribution in [2.75, 3.05) is 88.5 Å². The van der Waals surface area contributed by atoms with Gasteiger partial charge in [-0.25, -0.2) is 9.97 Å². The predicted molar refractivity (Wildman–Crippen MR) is 167 cm³/mol. The highest BCUT2D eigenvalue weighted by atomic mass is 19.4. The zero-order chi connectivity index (χ0) is 30.7. The minimum absolute atomic E-state index is 0.152. The van der Waals surface area contributed by atoms with Crippen LogP contribution in [0.2, 0.25) is 0 Å². The number of aliphatic hydroxyl groups excluding tert-OH is 2. The van der Waals surface area contributed by atoms with Gasteiger partial charge in [-0.15, -0.1) is 0 Å². The van der Waals surface area contributed by atoms with Gasteiger partial charge in [-0.05, 0) is 42.5 Å². The number of aliphatic hydroxyl groups is 2. The molecule has 0 aliphatic carbocycles. The number of alkyl halides is 3. The van der Waals surface area contributed by atoms with Crippen molar-refractivity contribution in [2.45, 2.75) is 6.18 Å². The molecule has 11 heteroatoms. The lowest BCUT2D eigenvalue weighted by molar-refractivity contribution is -0.137. The van der Waals surface area contributed by atoms with E-state index in [0.717, 1.165) is 87.0 Å². The van der Waals surface area contributed by atoms with E-state index in [4.69, 9.17) is 9.97 Å². The van der Waals surface area contributed by atoms with E-state index in [1.165, 1.54) is 6.07 Å². The van der Waals surface area contributed by atoms with Crippen LogP contribution in [0.1, 0.15) is 5.56 Å². The fourth-order valence-electron chi connectivity index (χ4n) is 6.04. The van der Waals surface area contributed by atoms with Crippen molar-refractivity contribution in [2.24, 2.45) is 0 Å². The third kappa shape index (κ3) is 6.66. The van der Waals surface area contributed by atoms with Gasteiger partial charge in [0.1, 0.15) is 0 Å².